The van der Waals surface area contributed by atoms with Gasteiger partial charge < -0.3 is 5.11 Å². The van der Waals surface area contributed by atoms with Crippen LogP contribution in [0.25, 0.3) is 0 Å². The van der Waals surface area contributed by atoms with E-state index in [0.717, 1.165) is 0 Å². The number of carbonyl (C=O) groups excluding carboxylic acids is 1. The lowest BCUT2D eigenvalue weighted by Crippen LogP contribution is -2.18. The van der Waals surface area contributed by atoms with E-state index in [0.29, 0.717) is 6.42 Å². The van der Waals surface area contributed by atoms with E-state index in [1.165, 1.54) is 19.1 Å². The number of carbonyl (C=O) groups is 1. The molecule has 58 valence electrons. The second-order valence-corrected chi connectivity index (χ2v) is 2.65. The summed E-state index contributed by atoms with van der Waals surface area (Å²) in [6.45, 7) is 5.00. The quantitative estimate of drug-likeness (QED) is 0.603. The third kappa shape index (κ3) is 4.27. The summed E-state index contributed by atoms with van der Waals surface area (Å²) >= 11 is 0. The molecule has 0 radical (unpaired) electrons. The third-order valence-electron chi connectivity index (χ3n) is 1.39. The van der Waals surface area contributed by atoms with E-state index < -0.39 is 5.60 Å². The van der Waals surface area contributed by atoms with Gasteiger partial charge in [0.2, 0.25) is 0 Å². The van der Waals surface area contributed by atoms with E-state index in [1.54, 1.807) is 6.92 Å². The van der Waals surface area contributed by atoms with Crippen LogP contribution in [0, 0.1) is 0 Å². The van der Waals surface area contributed by atoms with E-state index in [1.807, 2.05) is 6.92 Å². The highest BCUT2D eigenvalue weighted by atomic mass is 16.3. The summed E-state index contributed by atoms with van der Waals surface area (Å²) in [7, 11) is 0. The van der Waals surface area contributed by atoms with Crippen molar-refractivity contribution in [3.8, 4) is 0 Å². The van der Waals surface area contributed by atoms with Crippen LogP contribution in [0.15, 0.2) is 12.2 Å². The van der Waals surface area contributed by atoms with Crippen LogP contribution in [0.5, 0.6) is 0 Å². The Morgan fingerprint density at radius 2 is 2.20 bits per heavy atom. The van der Waals surface area contributed by atoms with E-state index >= 15 is 0 Å². The van der Waals surface area contributed by atoms with Gasteiger partial charge in [-0.1, -0.05) is 6.92 Å². The van der Waals surface area contributed by atoms with Gasteiger partial charge in [0.15, 0.2) is 5.78 Å². The van der Waals surface area contributed by atoms with Gasteiger partial charge in [0.05, 0.1) is 5.60 Å². The Balaban J connectivity index is 3.99. The fourth-order valence-corrected chi connectivity index (χ4v) is 0.415. The first-order valence-corrected chi connectivity index (χ1v) is 3.40. The second-order valence-electron chi connectivity index (χ2n) is 2.65. The predicted molar refractivity (Wildman–Crippen MR) is 40.7 cm³/mol. The molecule has 0 aromatic heterocycles. The lowest BCUT2D eigenvalue weighted by atomic mass is 10.0. The Bertz CT molecular complexity index is 145. The van der Waals surface area contributed by atoms with Gasteiger partial charge in [-0.05, 0) is 32.4 Å². The lowest BCUT2D eigenvalue weighted by molar-refractivity contribution is -0.112. The Morgan fingerprint density at radius 3 is 2.50 bits per heavy atom. The second kappa shape index (κ2) is 3.52. The molecule has 0 amide bonds. The Kier molecular flexibility index (Phi) is 3.30. The molecular weight excluding hydrogens is 128 g/mol. The fourth-order valence-electron chi connectivity index (χ4n) is 0.415. The van der Waals surface area contributed by atoms with Crippen molar-refractivity contribution in [1.82, 2.24) is 0 Å². The number of aliphatic hydroxyl groups is 1. The standard InChI is InChI=1S/C8H14O2/c1-4-8(3,10)6-5-7(2)9/h5-6,10H,4H2,1-3H3. The zero-order valence-corrected chi connectivity index (χ0v) is 6.72. The van der Waals surface area contributed by atoms with Crippen LogP contribution < -0.4 is 0 Å². The van der Waals surface area contributed by atoms with E-state index in [2.05, 4.69) is 0 Å². The van der Waals surface area contributed by atoms with Crippen LogP contribution in [0.3, 0.4) is 0 Å². The van der Waals surface area contributed by atoms with Crippen LogP contribution >= 0.6 is 0 Å². The van der Waals surface area contributed by atoms with Crippen LogP contribution in [-0.4, -0.2) is 16.5 Å². The molecule has 0 bridgehead atoms. The zero-order chi connectivity index (χ0) is 8.20. The number of rotatable bonds is 3. The summed E-state index contributed by atoms with van der Waals surface area (Å²) in [4.78, 5) is 10.4. The fraction of sp³-hybridized carbons (Fsp3) is 0.625. The molecule has 0 heterocycles. The summed E-state index contributed by atoms with van der Waals surface area (Å²) in [6.07, 6.45) is 3.54. The highest BCUT2D eigenvalue weighted by molar-refractivity contribution is 5.87. The summed E-state index contributed by atoms with van der Waals surface area (Å²) in [6, 6.07) is 0. The number of hydrogen-bond acceptors (Lipinski definition) is 2. The summed E-state index contributed by atoms with van der Waals surface area (Å²) in [5, 5.41) is 9.33. The maximum atomic E-state index is 10.4. The number of allylic oxidation sites excluding steroid dienone is 1. The molecule has 1 N–H and O–H groups in total. The van der Waals surface area contributed by atoms with Gasteiger partial charge in [0.25, 0.3) is 0 Å². The van der Waals surface area contributed by atoms with E-state index in [4.69, 9.17) is 0 Å². The first-order valence-electron chi connectivity index (χ1n) is 3.40. The van der Waals surface area contributed by atoms with Crippen molar-refractivity contribution in [2.24, 2.45) is 0 Å². The normalized spacial score (nSPS) is 17.2. The molecule has 0 fully saturated rings. The lowest BCUT2D eigenvalue weighted by Gasteiger charge is -2.14. The summed E-state index contributed by atoms with van der Waals surface area (Å²) in [5.41, 5.74) is -0.828. The first-order chi connectivity index (χ1) is 4.48. The van der Waals surface area contributed by atoms with Crippen LogP contribution in [0.2, 0.25) is 0 Å². The van der Waals surface area contributed by atoms with Gasteiger partial charge in [-0.2, -0.15) is 0 Å². The van der Waals surface area contributed by atoms with Crippen molar-refractivity contribution >= 4 is 5.78 Å². The first kappa shape index (κ1) is 9.37. The van der Waals surface area contributed by atoms with E-state index in [-0.39, 0.29) is 5.78 Å². The topological polar surface area (TPSA) is 37.3 Å². The molecule has 0 aliphatic rings. The summed E-state index contributed by atoms with van der Waals surface area (Å²) < 4.78 is 0. The van der Waals surface area contributed by atoms with Gasteiger partial charge in [-0.3, -0.25) is 4.79 Å². The van der Waals surface area contributed by atoms with Crippen molar-refractivity contribution in [3.05, 3.63) is 12.2 Å². The molecule has 0 aromatic carbocycles. The monoisotopic (exact) mass is 142 g/mol. The molecule has 0 aliphatic heterocycles. The number of hydrogen-bond donors (Lipinski definition) is 1. The van der Waals surface area contributed by atoms with Crippen LogP contribution in [0.4, 0.5) is 0 Å². The maximum absolute atomic E-state index is 10.4. The van der Waals surface area contributed by atoms with Gasteiger partial charge >= 0.3 is 0 Å². The predicted octanol–water partition coefficient (Wildman–Crippen LogP) is 1.29. The van der Waals surface area contributed by atoms with Crippen molar-refractivity contribution in [2.45, 2.75) is 32.8 Å². The molecule has 0 aromatic rings. The van der Waals surface area contributed by atoms with Gasteiger partial charge in [0, 0.05) is 0 Å². The minimum atomic E-state index is -0.828. The molecule has 0 aliphatic carbocycles. The van der Waals surface area contributed by atoms with Crippen LogP contribution in [0.1, 0.15) is 27.2 Å². The molecule has 0 saturated heterocycles. The molecule has 0 rings (SSSR count). The SMILES string of the molecule is CCC(C)(O)C=CC(C)=O. The smallest absolute Gasteiger partial charge is 0.152 e. The average Bonchev–Trinajstić information content (AvgIpc) is 1.85. The maximum Gasteiger partial charge on any atom is 0.152 e. The van der Waals surface area contributed by atoms with Crippen molar-refractivity contribution in [2.75, 3.05) is 0 Å². The highest BCUT2D eigenvalue weighted by Crippen LogP contribution is 2.09. The molecule has 0 saturated carbocycles. The molecule has 10 heavy (non-hydrogen) atoms. The zero-order valence-electron chi connectivity index (χ0n) is 6.72. The highest BCUT2D eigenvalue weighted by Gasteiger charge is 2.11. The molecule has 2 nitrogen and oxygen atoms in total. The average molecular weight is 142 g/mol. The Morgan fingerprint density at radius 1 is 1.70 bits per heavy atom. The van der Waals surface area contributed by atoms with Crippen molar-refractivity contribution in [1.29, 1.82) is 0 Å². The van der Waals surface area contributed by atoms with Gasteiger partial charge in [-0.25, -0.2) is 0 Å². The molecular formula is C8H14O2. The molecule has 1 unspecified atom stereocenters. The molecule has 0 spiro atoms. The molecule has 1 atom stereocenters. The van der Waals surface area contributed by atoms with Crippen molar-refractivity contribution < 1.29 is 9.90 Å². The summed E-state index contributed by atoms with van der Waals surface area (Å²) in [5.74, 6) is -0.0336. The third-order valence-corrected chi connectivity index (χ3v) is 1.39. The van der Waals surface area contributed by atoms with Gasteiger partial charge in [-0.15, -0.1) is 0 Å². The molecule has 2 heteroatoms. The number of ketones is 1. The minimum Gasteiger partial charge on any atom is -0.386 e. The van der Waals surface area contributed by atoms with E-state index in [9.17, 15) is 9.90 Å². The Labute approximate surface area is 61.6 Å². The largest absolute Gasteiger partial charge is 0.386 e. The minimum absolute atomic E-state index is 0.0336. The van der Waals surface area contributed by atoms with Gasteiger partial charge in [0.1, 0.15) is 0 Å². The Hall–Kier alpha value is -0.630. The van der Waals surface area contributed by atoms with Crippen molar-refractivity contribution in [3.63, 3.8) is 0 Å². The van der Waals surface area contributed by atoms with Crippen LogP contribution in [-0.2, 0) is 4.79 Å².